The van der Waals surface area contributed by atoms with Gasteiger partial charge in [-0.25, -0.2) is 4.57 Å². The fourth-order valence-corrected chi connectivity index (χ4v) is 4.10. The van der Waals surface area contributed by atoms with Crippen LogP contribution in [0, 0.1) is 21.4 Å². The summed E-state index contributed by atoms with van der Waals surface area (Å²) in [6.07, 6.45) is 0. The van der Waals surface area contributed by atoms with Gasteiger partial charge in [0, 0.05) is 35.2 Å². The molecule has 1 aliphatic heterocycles. The number of allylic oxidation sites excluding steroid dienone is 1. The first kappa shape index (κ1) is 19.2. The van der Waals surface area contributed by atoms with E-state index in [0.29, 0.717) is 16.9 Å². The maximum atomic E-state index is 11.4. The van der Waals surface area contributed by atoms with Crippen molar-refractivity contribution in [1.29, 1.82) is 5.26 Å². The molecule has 0 bridgehead atoms. The zero-order chi connectivity index (χ0) is 22.4. The molecule has 32 heavy (non-hydrogen) atoms. The van der Waals surface area contributed by atoms with Gasteiger partial charge in [0.1, 0.15) is 17.4 Å². The van der Waals surface area contributed by atoms with Gasteiger partial charge in [0.05, 0.1) is 10.8 Å². The van der Waals surface area contributed by atoms with Gasteiger partial charge in [-0.2, -0.15) is 5.26 Å². The Hall–Kier alpha value is -4.77. The summed E-state index contributed by atoms with van der Waals surface area (Å²) in [7, 11) is 0. The highest BCUT2D eigenvalue weighted by atomic mass is 16.6. The number of nitrogens with zero attached hydrogens (tertiary/aromatic N) is 3. The number of benzene rings is 3. The molecule has 1 atom stereocenters. The van der Waals surface area contributed by atoms with E-state index in [1.54, 1.807) is 12.1 Å². The van der Waals surface area contributed by atoms with Crippen LogP contribution in [-0.2, 0) is 0 Å². The third-order valence-electron chi connectivity index (χ3n) is 5.52. The molecule has 4 aromatic rings. The number of rotatable bonds is 3. The SMILES string of the molecule is N#CC1=C(n2c(O)ccc2O)Oc2c(ccc3ccccc23)C1c1cccc([N+](=O)[O-])c1. The molecular formula is C24H15N3O5. The van der Waals surface area contributed by atoms with Crippen molar-refractivity contribution in [3.05, 3.63) is 99.6 Å². The lowest BCUT2D eigenvalue weighted by Gasteiger charge is -2.29. The molecule has 3 aromatic carbocycles. The van der Waals surface area contributed by atoms with E-state index in [1.807, 2.05) is 36.4 Å². The Morgan fingerprint density at radius 2 is 1.75 bits per heavy atom. The molecule has 1 aromatic heterocycles. The molecule has 1 unspecified atom stereocenters. The summed E-state index contributed by atoms with van der Waals surface area (Å²) in [5.41, 5.74) is 1.15. The Morgan fingerprint density at radius 3 is 2.47 bits per heavy atom. The van der Waals surface area contributed by atoms with Crippen LogP contribution < -0.4 is 4.74 Å². The van der Waals surface area contributed by atoms with Gasteiger partial charge in [-0.15, -0.1) is 0 Å². The van der Waals surface area contributed by atoms with E-state index in [0.717, 1.165) is 15.3 Å². The van der Waals surface area contributed by atoms with Crippen molar-refractivity contribution >= 4 is 22.3 Å². The van der Waals surface area contributed by atoms with E-state index in [1.165, 1.54) is 24.3 Å². The maximum absolute atomic E-state index is 11.4. The molecule has 156 valence electrons. The van der Waals surface area contributed by atoms with Crippen molar-refractivity contribution < 1.29 is 19.9 Å². The van der Waals surface area contributed by atoms with Crippen molar-refractivity contribution in [1.82, 2.24) is 4.57 Å². The van der Waals surface area contributed by atoms with E-state index < -0.39 is 10.8 Å². The van der Waals surface area contributed by atoms with Gasteiger partial charge >= 0.3 is 0 Å². The topological polar surface area (TPSA) is 122 Å². The highest BCUT2D eigenvalue weighted by Crippen LogP contribution is 2.48. The Kier molecular flexibility index (Phi) is 4.31. The minimum atomic E-state index is -0.718. The highest BCUT2D eigenvalue weighted by Gasteiger charge is 2.35. The van der Waals surface area contributed by atoms with E-state index in [9.17, 15) is 25.6 Å². The van der Waals surface area contributed by atoms with Gasteiger partial charge in [0.15, 0.2) is 0 Å². The van der Waals surface area contributed by atoms with Crippen molar-refractivity contribution in [2.24, 2.45) is 0 Å². The molecular weight excluding hydrogens is 410 g/mol. The van der Waals surface area contributed by atoms with Crippen molar-refractivity contribution in [3.8, 4) is 23.6 Å². The predicted octanol–water partition coefficient (Wildman–Crippen LogP) is 4.88. The van der Waals surface area contributed by atoms with Crippen LogP contribution in [0.3, 0.4) is 0 Å². The Labute approximate surface area is 181 Å². The minimum Gasteiger partial charge on any atom is -0.494 e. The second kappa shape index (κ2) is 7.18. The normalized spacial score (nSPS) is 15.2. The highest BCUT2D eigenvalue weighted by molar-refractivity contribution is 5.92. The molecule has 0 saturated carbocycles. The van der Waals surface area contributed by atoms with Crippen LogP contribution in [0.4, 0.5) is 5.69 Å². The first-order chi connectivity index (χ1) is 15.5. The van der Waals surface area contributed by atoms with Crippen LogP contribution in [0.25, 0.3) is 16.7 Å². The molecule has 1 aliphatic rings. The molecule has 2 heterocycles. The lowest BCUT2D eigenvalue weighted by Crippen LogP contribution is -2.19. The van der Waals surface area contributed by atoms with Crippen LogP contribution in [0.1, 0.15) is 17.0 Å². The van der Waals surface area contributed by atoms with Crippen molar-refractivity contribution in [3.63, 3.8) is 0 Å². The number of ether oxygens (including phenoxy) is 1. The number of aromatic hydroxyl groups is 2. The largest absolute Gasteiger partial charge is 0.494 e. The number of hydrogen-bond donors (Lipinski definition) is 2. The Morgan fingerprint density at radius 1 is 1.00 bits per heavy atom. The zero-order valence-electron chi connectivity index (χ0n) is 16.5. The number of aromatic nitrogens is 1. The minimum absolute atomic E-state index is 0.0622. The molecule has 8 nitrogen and oxygen atoms in total. The fourth-order valence-electron chi connectivity index (χ4n) is 4.10. The van der Waals surface area contributed by atoms with Crippen LogP contribution in [-0.4, -0.2) is 19.7 Å². The van der Waals surface area contributed by atoms with Gasteiger partial charge in [-0.1, -0.05) is 48.5 Å². The molecule has 0 radical (unpaired) electrons. The predicted molar refractivity (Wildman–Crippen MR) is 116 cm³/mol. The molecule has 5 rings (SSSR count). The van der Waals surface area contributed by atoms with Gasteiger partial charge in [0.2, 0.25) is 17.6 Å². The quantitative estimate of drug-likeness (QED) is 0.356. The maximum Gasteiger partial charge on any atom is 0.269 e. The fraction of sp³-hybridized carbons (Fsp3) is 0.0417. The number of fused-ring (bicyclic) bond motifs is 3. The third-order valence-corrected chi connectivity index (χ3v) is 5.52. The Bertz CT molecular complexity index is 1460. The van der Waals surface area contributed by atoms with Crippen LogP contribution >= 0.6 is 0 Å². The third kappa shape index (κ3) is 2.84. The number of nitro benzene ring substituents is 1. The summed E-state index contributed by atoms with van der Waals surface area (Å²) < 4.78 is 7.19. The van der Waals surface area contributed by atoms with Gasteiger partial charge in [-0.3, -0.25) is 10.1 Å². The molecule has 0 spiro atoms. The van der Waals surface area contributed by atoms with E-state index in [4.69, 9.17) is 4.74 Å². The summed E-state index contributed by atoms with van der Waals surface area (Å²) in [5.74, 6) is -0.961. The number of nitriles is 1. The molecule has 2 N–H and O–H groups in total. The van der Waals surface area contributed by atoms with Gasteiger partial charge in [0.25, 0.3) is 5.69 Å². The smallest absolute Gasteiger partial charge is 0.269 e. The van der Waals surface area contributed by atoms with Gasteiger partial charge < -0.3 is 14.9 Å². The average molecular weight is 425 g/mol. The van der Waals surface area contributed by atoms with Crippen molar-refractivity contribution in [2.45, 2.75) is 5.92 Å². The van der Waals surface area contributed by atoms with Crippen LogP contribution in [0.15, 0.2) is 78.4 Å². The molecule has 0 saturated heterocycles. The second-order valence-electron chi connectivity index (χ2n) is 7.31. The van der Waals surface area contributed by atoms with Crippen LogP contribution in [0.2, 0.25) is 0 Å². The van der Waals surface area contributed by atoms with E-state index >= 15 is 0 Å². The second-order valence-corrected chi connectivity index (χ2v) is 7.31. The number of non-ortho nitro benzene ring substituents is 1. The van der Waals surface area contributed by atoms with Crippen LogP contribution in [0.5, 0.6) is 17.5 Å². The molecule has 0 amide bonds. The molecule has 0 aliphatic carbocycles. The summed E-state index contributed by atoms with van der Waals surface area (Å²) in [6, 6.07) is 22.0. The van der Waals surface area contributed by atoms with Gasteiger partial charge in [-0.05, 0) is 10.9 Å². The van der Waals surface area contributed by atoms with E-state index in [-0.39, 0.29) is 28.9 Å². The molecule has 0 fully saturated rings. The lowest BCUT2D eigenvalue weighted by atomic mass is 9.82. The first-order valence-corrected chi connectivity index (χ1v) is 9.67. The first-order valence-electron chi connectivity index (χ1n) is 9.67. The summed E-state index contributed by atoms with van der Waals surface area (Å²) >= 11 is 0. The number of hydrogen-bond acceptors (Lipinski definition) is 6. The lowest BCUT2D eigenvalue weighted by molar-refractivity contribution is -0.384. The summed E-state index contributed by atoms with van der Waals surface area (Å²) in [5, 5.41) is 43.8. The zero-order valence-corrected chi connectivity index (χ0v) is 16.5. The van der Waals surface area contributed by atoms with Crippen molar-refractivity contribution in [2.75, 3.05) is 0 Å². The average Bonchev–Trinajstić information content (AvgIpc) is 3.15. The summed E-state index contributed by atoms with van der Waals surface area (Å²) in [4.78, 5) is 10.9. The molecule has 8 heteroatoms. The standard InChI is InChI=1S/C24H15N3O5/c25-13-19-22(15-5-3-6-16(12-15)27(30)31)18-9-8-14-4-1-2-7-17(14)23(18)32-24(19)26-20(28)10-11-21(26)29/h1-12,22,28-29H. The summed E-state index contributed by atoms with van der Waals surface area (Å²) in [6.45, 7) is 0. The number of nitro groups is 1. The monoisotopic (exact) mass is 425 g/mol. The Balaban J connectivity index is 1.86. The van der Waals surface area contributed by atoms with E-state index in [2.05, 4.69) is 6.07 Å².